The Labute approximate surface area is 101 Å². The molecule has 17 heavy (non-hydrogen) atoms. The topological polar surface area (TPSA) is 45.4 Å². The fourth-order valence-corrected chi connectivity index (χ4v) is 2.29. The van der Waals surface area contributed by atoms with Crippen molar-refractivity contribution in [1.29, 1.82) is 0 Å². The van der Waals surface area contributed by atoms with Crippen LogP contribution in [-0.2, 0) is 13.0 Å². The molecule has 2 aromatic rings. The van der Waals surface area contributed by atoms with Crippen molar-refractivity contribution >= 4 is 10.9 Å². The summed E-state index contributed by atoms with van der Waals surface area (Å²) < 4.78 is 2.13. The summed E-state index contributed by atoms with van der Waals surface area (Å²) >= 11 is 0. The molecule has 0 radical (unpaired) electrons. The van der Waals surface area contributed by atoms with Crippen LogP contribution in [-0.4, -0.2) is 20.4 Å². The second kappa shape index (κ2) is 4.08. The molecule has 0 saturated carbocycles. The van der Waals surface area contributed by atoms with Crippen molar-refractivity contribution in [2.24, 2.45) is 0 Å². The van der Waals surface area contributed by atoms with Gasteiger partial charge in [-0.25, -0.2) is 0 Å². The Morgan fingerprint density at radius 1 is 1.29 bits per heavy atom. The quantitative estimate of drug-likeness (QED) is 0.856. The number of aromatic hydroxyl groups is 1. The first-order valence-electron chi connectivity index (χ1n) is 5.95. The number of hydrogen-bond donors (Lipinski definition) is 2. The molecule has 3 heteroatoms. The highest BCUT2D eigenvalue weighted by atomic mass is 16.3. The lowest BCUT2D eigenvalue weighted by Gasteiger charge is -2.18. The number of rotatable bonds is 3. The number of aryl methyl sites for hydroxylation is 1. The molecular formula is C14H19NO2. The molecular weight excluding hydrogens is 214 g/mol. The maximum atomic E-state index is 9.91. The van der Waals surface area contributed by atoms with E-state index in [0.29, 0.717) is 12.2 Å². The molecule has 0 unspecified atom stereocenters. The zero-order chi connectivity index (χ0) is 12.6. The molecule has 1 heterocycles. The maximum absolute atomic E-state index is 9.91. The maximum Gasteiger partial charge on any atom is 0.124 e. The van der Waals surface area contributed by atoms with Crippen LogP contribution >= 0.6 is 0 Å². The van der Waals surface area contributed by atoms with Crippen molar-refractivity contribution in [3.63, 3.8) is 0 Å². The average molecular weight is 233 g/mol. The van der Waals surface area contributed by atoms with E-state index < -0.39 is 5.60 Å². The van der Waals surface area contributed by atoms with Gasteiger partial charge in [-0.15, -0.1) is 0 Å². The molecule has 1 aromatic carbocycles. The monoisotopic (exact) mass is 233 g/mol. The van der Waals surface area contributed by atoms with E-state index in [0.717, 1.165) is 23.1 Å². The molecule has 0 saturated heterocycles. The van der Waals surface area contributed by atoms with Gasteiger partial charge in [-0.3, -0.25) is 0 Å². The van der Waals surface area contributed by atoms with E-state index in [2.05, 4.69) is 11.5 Å². The third kappa shape index (κ3) is 2.29. The Balaban J connectivity index is 2.60. The Kier molecular flexibility index (Phi) is 2.87. The van der Waals surface area contributed by atoms with Gasteiger partial charge in [-0.05, 0) is 39.0 Å². The fraction of sp³-hybridized carbons (Fsp3) is 0.429. The first-order chi connectivity index (χ1) is 7.92. The van der Waals surface area contributed by atoms with E-state index in [1.54, 1.807) is 19.9 Å². The summed E-state index contributed by atoms with van der Waals surface area (Å²) in [6, 6.07) is 7.49. The van der Waals surface area contributed by atoms with Gasteiger partial charge in [0, 0.05) is 24.0 Å². The van der Waals surface area contributed by atoms with Gasteiger partial charge in [0.25, 0.3) is 0 Å². The second-order valence-electron chi connectivity index (χ2n) is 5.08. The number of phenolic OH excluding ortho intramolecular Hbond substituents is 1. The first kappa shape index (κ1) is 12.0. The van der Waals surface area contributed by atoms with Crippen LogP contribution in [0.3, 0.4) is 0 Å². The molecule has 0 aliphatic carbocycles. The smallest absolute Gasteiger partial charge is 0.124 e. The van der Waals surface area contributed by atoms with Gasteiger partial charge in [0.1, 0.15) is 5.75 Å². The predicted molar refractivity (Wildman–Crippen MR) is 69.3 cm³/mol. The van der Waals surface area contributed by atoms with Crippen LogP contribution < -0.4 is 0 Å². The normalized spacial score (nSPS) is 12.2. The summed E-state index contributed by atoms with van der Waals surface area (Å²) in [6.07, 6.45) is 0.578. The van der Waals surface area contributed by atoms with Gasteiger partial charge in [0.15, 0.2) is 0 Å². The highest BCUT2D eigenvalue weighted by molar-refractivity contribution is 5.87. The minimum absolute atomic E-state index is 0.298. The van der Waals surface area contributed by atoms with Gasteiger partial charge in [-0.2, -0.15) is 0 Å². The third-order valence-corrected chi connectivity index (χ3v) is 2.94. The van der Waals surface area contributed by atoms with Crippen LogP contribution in [0.4, 0.5) is 0 Å². The first-order valence-corrected chi connectivity index (χ1v) is 5.95. The number of hydrogen-bond acceptors (Lipinski definition) is 2. The second-order valence-corrected chi connectivity index (χ2v) is 5.08. The molecule has 0 aliphatic heterocycles. The van der Waals surface area contributed by atoms with Gasteiger partial charge >= 0.3 is 0 Å². The van der Waals surface area contributed by atoms with Crippen molar-refractivity contribution in [1.82, 2.24) is 4.57 Å². The van der Waals surface area contributed by atoms with Gasteiger partial charge in [0.2, 0.25) is 0 Å². The number of benzene rings is 1. The lowest BCUT2D eigenvalue weighted by atomic mass is 10.0. The van der Waals surface area contributed by atoms with Crippen LogP contribution in [0.5, 0.6) is 5.75 Å². The van der Waals surface area contributed by atoms with Crippen molar-refractivity contribution in [2.75, 3.05) is 0 Å². The van der Waals surface area contributed by atoms with E-state index in [1.807, 2.05) is 18.2 Å². The molecule has 0 bridgehead atoms. The number of fused-ring (bicyclic) bond motifs is 1. The lowest BCUT2D eigenvalue weighted by Crippen LogP contribution is -2.23. The van der Waals surface area contributed by atoms with E-state index >= 15 is 0 Å². The summed E-state index contributed by atoms with van der Waals surface area (Å²) in [7, 11) is 0. The minimum atomic E-state index is -0.739. The molecule has 3 nitrogen and oxygen atoms in total. The lowest BCUT2D eigenvalue weighted by molar-refractivity contribution is 0.0791. The zero-order valence-corrected chi connectivity index (χ0v) is 10.6. The number of phenols is 1. The predicted octanol–water partition coefficient (Wildman–Crippen LogP) is 2.68. The Morgan fingerprint density at radius 3 is 2.59 bits per heavy atom. The van der Waals surface area contributed by atoms with Crippen molar-refractivity contribution in [3.05, 3.63) is 30.0 Å². The molecule has 0 spiro atoms. The van der Waals surface area contributed by atoms with Crippen LogP contribution in [0.2, 0.25) is 0 Å². The van der Waals surface area contributed by atoms with Gasteiger partial charge in [-0.1, -0.05) is 6.07 Å². The van der Waals surface area contributed by atoms with Gasteiger partial charge in [0.05, 0.1) is 11.1 Å². The van der Waals surface area contributed by atoms with Crippen LogP contribution in [0.1, 0.15) is 26.5 Å². The summed E-state index contributed by atoms with van der Waals surface area (Å²) in [5, 5.41) is 20.6. The standard InChI is InChI=1S/C14H19NO2/c1-4-15-10(9-14(2,3)17)8-11-12(15)6-5-7-13(11)16/h5-8,16-17H,4,9H2,1-3H3. The summed E-state index contributed by atoms with van der Waals surface area (Å²) in [4.78, 5) is 0. The molecule has 0 atom stereocenters. The third-order valence-electron chi connectivity index (χ3n) is 2.94. The summed E-state index contributed by atoms with van der Waals surface area (Å²) in [5.41, 5.74) is 1.33. The summed E-state index contributed by atoms with van der Waals surface area (Å²) in [5.74, 6) is 0.298. The van der Waals surface area contributed by atoms with Crippen molar-refractivity contribution in [3.8, 4) is 5.75 Å². The molecule has 0 fully saturated rings. The number of aliphatic hydroxyl groups is 1. The van der Waals surface area contributed by atoms with E-state index in [1.165, 1.54) is 0 Å². The molecule has 92 valence electrons. The average Bonchev–Trinajstić information content (AvgIpc) is 2.54. The zero-order valence-electron chi connectivity index (χ0n) is 10.6. The van der Waals surface area contributed by atoms with E-state index in [-0.39, 0.29) is 0 Å². The van der Waals surface area contributed by atoms with Crippen LogP contribution in [0, 0.1) is 0 Å². The van der Waals surface area contributed by atoms with Crippen LogP contribution in [0.15, 0.2) is 24.3 Å². The molecule has 1 aromatic heterocycles. The molecule has 2 rings (SSSR count). The van der Waals surface area contributed by atoms with E-state index in [4.69, 9.17) is 0 Å². The van der Waals surface area contributed by atoms with E-state index in [9.17, 15) is 10.2 Å². The van der Waals surface area contributed by atoms with Crippen LogP contribution in [0.25, 0.3) is 10.9 Å². The van der Waals surface area contributed by atoms with Crippen molar-refractivity contribution in [2.45, 2.75) is 39.3 Å². The molecule has 0 amide bonds. The Morgan fingerprint density at radius 2 is 2.00 bits per heavy atom. The molecule has 2 N–H and O–H groups in total. The largest absolute Gasteiger partial charge is 0.507 e. The fourth-order valence-electron chi connectivity index (χ4n) is 2.29. The number of nitrogens with zero attached hydrogens (tertiary/aromatic N) is 1. The highest BCUT2D eigenvalue weighted by Crippen LogP contribution is 2.29. The minimum Gasteiger partial charge on any atom is -0.507 e. The Bertz CT molecular complexity index is 535. The SMILES string of the molecule is CCn1c(CC(C)(C)O)cc2c(O)cccc21. The molecule has 0 aliphatic rings. The Hall–Kier alpha value is -1.48. The highest BCUT2D eigenvalue weighted by Gasteiger charge is 2.18. The van der Waals surface area contributed by atoms with Crippen molar-refractivity contribution < 1.29 is 10.2 Å². The van der Waals surface area contributed by atoms with Gasteiger partial charge < -0.3 is 14.8 Å². The summed E-state index contributed by atoms with van der Waals surface area (Å²) in [6.45, 7) is 6.49. The number of aromatic nitrogens is 1.